The van der Waals surface area contributed by atoms with E-state index in [9.17, 15) is 0 Å². The molecule has 3 aromatic rings. The molecule has 7 nitrogen and oxygen atoms in total. The third-order valence-electron chi connectivity index (χ3n) is 3.85. The van der Waals surface area contributed by atoms with Crippen LogP contribution in [0.4, 0.5) is 17.5 Å². The number of nitrogens with one attached hydrogen (secondary N) is 2. The lowest BCUT2D eigenvalue weighted by Crippen LogP contribution is -2.09. The van der Waals surface area contributed by atoms with Gasteiger partial charge in [0.1, 0.15) is 11.5 Å². The van der Waals surface area contributed by atoms with E-state index in [1.54, 1.807) is 26.5 Å². The van der Waals surface area contributed by atoms with E-state index in [0.29, 0.717) is 29.8 Å². The quantitative estimate of drug-likeness (QED) is 0.607. The number of ether oxygens (including phenoxy) is 2. The number of anilines is 3. The molecule has 0 aliphatic heterocycles. The third kappa shape index (κ3) is 5.21. The minimum Gasteiger partial charge on any atom is -0.497 e. The van der Waals surface area contributed by atoms with Gasteiger partial charge in [0.2, 0.25) is 5.95 Å². The standard InChI is InChI=1S/C19H20ClN5O2/c1-26-15-7-8-16(17(11-15)27-2)23-19-24-18(12-22-25-19)21-10-9-13-3-5-14(20)6-4-13/h3-8,11-12H,9-10H2,1-2H3,(H2,21,23,24,25). The second kappa shape index (κ2) is 9.05. The van der Waals surface area contributed by atoms with Crippen molar-refractivity contribution >= 4 is 29.1 Å². The van der Waals surface area contributed by atoms with Gasteiger partial charge in [0, 0.05) is 17.6 Å². The van der Waals surface area contributed by atoms with Crippen LogP contribution in [0.2, 0.25) is 5.02 Å². The van der Waals surface area contributed by atoms with Crippen molar-refractivity contribution in [2.24, 2.45) is 0 Å². The van der Waals surface area contributed by atoms with Crippen LogP contribution < -0.4 is 20.1 Å². The first kappa shape index (κ1) is 18.7. The molecule has 0 spiro atoms. The van der Waals surface area contributed by atoms with E-state index in [-0.39, 0.29) is 0 Å². The van der Waals surface area contributed by atoms with E-state index in [2.05, 4.69) is 25.8 Å². The van der Waals surface area contributed by atoms with Gasteiger partial charge in [-0.15, -0.1) is 5.10 Å². The molecule has 0 atom stereocenters. The van der Waals surface area contributed by atoms with E-state index < -0.39 is 0 Å². The van der Waals surface area contributed by atoms with E-state index in [1.165, 1.54) is 5.56 Å². The molecule has 0 amide bonds. The molecule has 0 bridgehead atoms. The number of halogens is 1. The van der Waals surface area contributed by atoms with Crippen molar-refractivity contribution in [3.63, 3.8) is 0 Å². The van der Waals surface area contributed by atoms with Crippen molar-refractivity contribution in [3.05, 3.63) is 59.2 Å². The Morgan fingerprint density at radius 3 is 2.59 bits per heavy atom. The van der Waals surface area contributed by atoms with Crippen LogP contribution in [0.5, 0.6) is 11.5 Å². The van der Waals surface area contributed by atoms with Gasteiger partial charge in [0.05, 0.1) is 26.1 Å². The van der Waals surface area contributed by atoms with E-state index in [1.807, 2.05) is 36.4 Å². The fourth-order valence-electron chi connectivity index (χ4n) is 2.45. The molecule has 0 unspecified atom stereocenters. The van der Waals surface area contributed by atoms with Crippen LogP contribution in [0.15, 0.2) is 48.7 Å². The van der Waals surface area contributed by atoms with Crippen LogP contribution in [0.1, 0.15) is 5.56 Å². The van der Waals surface area contributed by atoms with Gasteiger partial charge in [0.25, 0.3) is 0 Å². The Morgan fingerprint density at radius 2 is 1.85 bits per heavy atom. The Balaban J connectivity index is 1.62. The molecule has 27 heavy (non-hydrogen) atoms. The lowest BCUT2D eigenvalue weighted by molar-refractivity contribution is 0.395. The van der Waals surface area contributed by atoms with E-state index in [0.717, 1.165) is 17.1 Å². The van der Waals surface area contributed by atoms with Crippen molar-refractivity contribution in [1.29, 1.82) is 0 Å². The maximum absolute atomic E-state index is 5.90. The molecule has 0 aliphatic rings. The first-order chi connectivity index (χ1) is 13.2. The molecule has 140 valence electrons. The SMILES string of the molecule is COc1ccc(Nc2nncc(NCCc3ccc(Cl)cc3)n2)c(OC)c1. The molecule has 1 heterocycles. The van der Waals surface area contributed by atoms with Gasteiger partial charge in [-0.25, -0.2) is 0 Å². The van der Waals surface area contributed by atoms with Crippen LogP contribution in [0.25, 0.3) is 0 Å². The average Bonchev–Trinajstić information content (AvgIpc) is 2.70. The maximum atomic E-state index is 5.90. The average molecular weight is 386 g/mol. The van der Waals surface area contributed by atoms with Crippen molar-refractivity contribution in [3.8, 4) is 11.5 Å². The molecule has 2 N–H and O–H groups in total. The minimum absolute atomic E-state index is 0.370. The van der Waals surface area contributed by atoms with Crippen molar-refractivity contribution in [2.45, 2.75) is 6.42 Å². The molecule has 2 aromatic carbocycles. The lowest BCUT2D eigenvalue weighted by atomic mass is 10.1. The summed E-state index contributed by atoms with van der Waals surface area (Å²) in [6.45, 7) is 0.714. The summed E-state index contributed by atoms with van der Waals surface area (Å²) in [5, 5.41) is 15.1. The molecule has 0 saturated carbocycles. The first-order valence-corrected chi connectivity index (χ1v) is 8.73. The highest BCUT2D eigenvalue weighted by Gasteiger charge is 2.08. The summed E-state index contributed by atoms with van der Waals surface area (Å²) in [7, 11) is 3.20. The molecule has 0 saturated heterocycles. The molecule has 8 heteroatoms. The van der Waals surface area contributed by atoms with Gasteiger partial charge in [-0.3, -0.25) is 0 Å². The summed E-state index contributed by atoms with van der Waals surface area (Å²) in [5.74, 6) is 2.33. The second-order valence-corrected chi connectivity index (χ2v) is 6.10. The maximum Gasteiger partial charge on any atom is 0.249 e. The number of methoxy groups -OCH3 is 2. The summed E-state index contributed by atoms with van der Waals surface area (Å²) >= 11 is 5.90. The highest BCUT2D eigenvalue weighted by molar-refractivity contribution is 6.30. The van der Waals surface area contributed by atoms with Gasteiger partial charge in [-0.1, -0.05) is 23.7 Å². The molecular formula is C19H20ClN5O2. The zero-order chi connectivity index (χ0) is 19.1. The topological polar surface area (TPSA) is 81.2 Å². The van der Waals surface area contributed by atoms with Gasteiger partial charge in [-0.05, 0) is 36.2 Å². The highest BCUT2D eigenvalue weighted by atomic mass is 35.5. The Labute approximate surface area is 162 Å². The van der Waals surface area contributed by atoms with Crippen molar-refractivity contribution < 1.29 is 9.47 Å². The molecule has 1 aromatic heterocycles. The first-order valence-electron chi connectivity index (χ1n) is 8.35. The fraction of sp³-hybridized carbons (Fsp3) is 0.211. The Kier molecular flexibility index (Phi) is 6.27. The van der Waals surface area contributed by atoms with E-state index in [4.69, 9.17) is 21.1 Å². The summed E-state index contributed by atoms with van der Waals surface area (Å²) in [4.78, 5) is 4.43. The van der Waals surface area contributed by atoms with Crippen molar-refractivity contribution in [1.82, 2.24) is 15.2 Å². The lowest BCUT2D eigenvalue weighted by Gasteiger charge is -2.12. The summed E-state index contributed by atoms with van der Waals surface area (Å²) < 4.78 is 10.6. The number of nitrogens with zero attached hydrogens (tertiary/aromatic N) is 3. The van der Waals surface area contributed by atoms with Gasteiger partial charge >= 0.3 is 0 Å². The van der Waals surface area contributed by atoms with Crippen LogP contribution in [0, 0.1) is 0 Å². The Hall–Kier alpha value is -3.06. The largest absolute Gasteiger partial charge is 0.497 e. The molecule has 0 aliphatic carbocycles. The summed E-state index contributed by atoms with van der Waals surface area (Å²) in [6, 6.07) is 13.2. The molecule has 0 radical (unpaired) electrons. The van der Waals surface area contributed by atoms with Crippen molar-refractivity contribution in [2.75, 3.05) is 31.4 Å². The van der Waals surface area contributed by atoms with Crippen LogP contribution >= 0.6 is 11.6 Å². The monoisotopic (exact) mass is 385 g/mol. The van der Waals surface area contributed by atoms with Gasteiger partial charge < -0.3 is 20.1 Å². The number of rotatable bonds is 8. The number of hydrogen-bond donors (Lipinski definition) is 2. The zero-order valence-electron chi connectivity index (χ0n) is 15.1. The fourth-order valence-corrected chi connectivity index (χ4v) is 2.58. The molecule has 0 fully saturated rings. The number of benzene rings is 2. The normalized spacial score (nSPS) is 10.3. The smallest absolute Gasteiger partial charge is 0.249 e. The molecular weight excluding hydrogens is 366 g/mol. The zero-order valence-corrected chi connectivity index (χ0v) is 15.8. The van der Waals surface area contributed by atoms with Crippen LogP contribution in [0.3, 0.4) is 0 Å². The minimum atomic E-state index is 0.370. The van der Waals surface area contributed by atoms with Crippen LogP contribution in [-0.2, 0) is 6.42 Å². The number of aromatic nitrogens is 3. The third-order valence-corrected chi connectivity index (χ3v) is 4.10. The Morgan fingerprint density at radius 1 is 1.04 bits per heavy atom. The van der Waals surface area contributed by atoms with E-state index >= 15 is 0 Å². The number of hydrogen-bond acceptors (Lipinski definition) is 7. The van der Waals surface area contributed by atoms with Gasteiger partial charge in [-0.2, -0.15) is 10.1 Å². The van der Waals surface area contributed by atoms with Crippen LogP contribution in [-0.4, -0.2) is 35.9 Å². The summed E-state index contributed by atoms with van der Waals surface area (Å²) in [6.07, 6.45) is 2.43. The van der Waals surface area contributed by atoms with Gasteiger partial charge in [0.15, 0.2) is 5.82 Å². The summed E-state index contributed by atoms with van der Waals surface area (Å²) in [5.41, 5.74) is 1.91. The highest BCUT2D eigenvalue weighted by Crippen LogP contribution is 2.30. The Bertz CT molecular complexity index is 890. The predicted octanol–water partition coefficient (Wildman–Crippen LogP) is 3.94. The second-order valence-electron chi connectivity index (χ2n) is 5.66. The predicted molar refractivity (Wildman–Crippen MR) is 106 cm³/mol. The molecule has 3 rings (SSSR count).